The molecule has 0 aliphatic rings. The highest BCUT2D eigenvalue weighted by Gasteiger charge is 2.22. The molecule has 0 saturated heterocycles. The zero-order valence-corrected chi connectivity index (χ0v) is 7.00. The molecule has 0 fully saturated rings. The lowest BCUT2D eigenvalue weighted by Crippen LogP contribution is -2.02. The molecule has 0 bridgehead atoms. The largest absolute Gasteiger partial charge is 0.388 e. The highest BCUT2D eigenvalue weighted by Crippen LogP contribution is 2.17. The minimum atomic E-state index is -3.96. The van der Waals surface area contributed by atoms with Crippen molar-refractivity contribution < 1.29 is 17.6 Å². The maximum absolute atomic E-state index is 10.8. The van der Waals surface area contributed by atoms with Gasteiger partial charge in [-0.1, -0.05) is 13.0 Å². The van der Waals surface area contributed by atoms with Gasteiger partial charge >= 0.3 is 6.18 Å². The van der Waals surface area contributed by atoms with E-state index in [4.69, 9.17) is 0 Å². The van der Waals surface area contributed by atoms with Gasteiger partial charge in [0, 0.05) is 6.42 Å². The topological polar surface area (TPSA) is 0 Å². The van der Waals surface area contributed by atoms with Crippen LogP contribution in [0.15, 0.2) is 12.7 Å². The first-order valence-corrected chi connectivity index (χ1v) is 2.99. The molecule has 0 atom stereocenters. The molecule has 0 nitrogen and oxygen atoms in total. The van der Waals surface area contributed by atoms with Gasteiger partial charge in [0.2, 0.25) is 0 Å². The smallest absolute Gasteiger partial charge is 0.255 e. The van der Waals surface area contributed by atoms with Crippen LogP contribution < -0.4 is 0 Å². The first-order chi connectivity index (χ1) is 4.97. The van der Waals surface area contributed by atoms with Crippen LogP contribution in [-0.4, -0.2) is 13.4 Å². The molecule has 4 heteroatoms. The first kappa shape index (κ1) is 16.8. The zero-order chi connectivity index (χ0) is 9.91. The van der Waals surface area contributed by atoms with Crippen LogP contribution in [0, 0.1) is 0 Å². The summed E-state index contributed by atoms with van der Waals surface area (Å²) >= 11 is 0. The average Bonchev–Trinajstić information content (AvgIpc) is 1.93. The third-order valence-corrected chi connectivity index (χ3v) is 0.401. The molecule has 0 N–H and O–H groups in total. The van der Waals surface area contributed by atoms with Crippen LogP contribution in [0.3, 0.4) is 0 Å². The monoisotopic (exact) mass is 174 g/mol. The second kappa shape index (κ2) is 12.2. The molecule has 0 aromatic carbocycles. The van der Waals surface area contributed by atoms with E-state index >= 15 is 0 Å². The second-order valence-electron chi connectivity index (χ2n) is 1.38. The third-order valence-electron chi connectivity index (χ3n) is 0.401. The van der Waals surface area contributed by atoms with E-state index in [0.29, 0.717) is 7.18 Å². The van der Waals surface area contributed by atoms with Gasteiger partial charge in [0.25, 0.3) is 0 Å². The predicted molar refractivity (Wildman–Crippen MR) is 39.2 cm³/mol. The Morgan fingerprint density at radius 1 is 1.27 bits per heavy atom. The van der Waals surface area contributed by atoms with E-state index in [1.165, 1.54) is 0 Å². The van der Waals surface area contributed by atoms with Crippen LogP contribution >= 0.6 is 0 Å². The van der Waals surface area contributed by atoms with E-state index in [2.05, 4.69) is 6.58 Å². The Kier molecular flexibility index (Phi) is 18.6. The summed E-state index contributed by atoms with van der Waals surface area (Å²) in [7, 11) is 0.500. The molecular weight excluding hydrogens is 160 g/mol. The van der Waals surface area contributed by atoms with Gasteiger partial charge in [0.05, 0.1) is 7.18 Å². The molecule has 0 radical (unpaired) electrons. The number of alkyl halides is 4. The standard InChI is InChI=1S/C3H5F3.C3H6.CH3F/c1-2-3(4,5)6;1-3-2;1-2/h2H2,1H3;3H,1H2,2H3;1H3. The van der Waals surface area contributed by atoms with Crippen LogP contribution in [0.25, 0.3) is 0 Å². The Hall–Kier alpha value is -0.540. The quantitative estimate of drug-likeness (QED) is 0.387. The third kappa shape index (κ3) is 87.0. The maximum atomic E-state index is 10.8. The molecule has 0 aromatic rings. The SMILES string of the molecule is C=CC.CCC(F)(F)F.CF. The van der Waals surface area contributed by atoms with Gasteiger partial charge in [-0.15, -0.1) is 6.58 Å². The van der Waals surface area contributed by atoms with Gasteiger partial charge < -0.3 is 0 Å². The summed E-state index contributed by atoms with van der Waals surface area (Å²) in [5.74, 6) is 0. The van der Waals surface area contributed by atoms with Crippen molar-refractivity contribution in [3.8, 4) is 0 Å². The summed E-state index contributed by atoms with van der Waals surface area (Å²) < 4.78 is 41.9. The number of hydrogen-bond donors (Lipinski definition) is 0. The van der Waals surface area contributed by atoms with E-state index < -0.39 is 12.6 Å². The van der Waals surface area contributed by atoms with Gasteiger partial charge in [0.1, 0.15) is 0 Å². The molecule has 0 amide bonds. The number of halogens is 4. The minimum Gasteiger partial charge on any atom is -0.255 e. The summed E-state index contributed by atoms with van der Waals surface area (Å²) in [6, 6.07) is 0. The molecular formula is C7H14F4. The molecule has 0 spiro atoms. The van der Waals surface area contributed by atoms with Crippen LogP contribution in [0.5, 0.6) is 0 Å². The number of hydrogen-bond acceptors (Lipinski definition) is 0. The van der Waals surface area contributed by atoms with Crippen molar-refractivity contribution >= 4 is 0 Å². The Labute approximate surface area is 64.9 Å². The Balaban J connectivity index is -0.000000109. The van der Waals surface area contributed by atoms with Gasteiger partial charge in [0.15, 0.2) is 0 Å². The Morgan fingerprint density at radius 2 is 1.36 bits per heavy atom. The van der Waals surface area contributed by atoms with Crippen molar-refractivity contribution in [2.24, 2.45) is 0 Å². The minimum absolute atomic E-state index is 0.500. The second-order valence-corrected chi connectivity index (χ2v) is 1.38. The van der Waals surface area contributed by atoms with Crippen molar-refractivity contribution in [2.75, 3.05) is 7.18 Å². The molecule has 11 heavy (non-hydrogen) atoms. The van der Waals surface area contributed by atoms with Crippen LogP contribution in [-0.2, 0) is 0 Å². The fourth-order valence-electron chi connectivity index (χ4n) is 0. The fourth-order valence-corrected chi connectivity index (χ4v) is 0. The van der Waals surface area contributed by atoms with Crippen molar-refractivity contribution in [2.45, 2.75) is 26.4 Å². The van der Waals surface area contributed by atoms with E-state index in [9.17, 15) is 17.6 Å². The zero-order valence-electron chi connectivity index (χ0n) is 7.00. The van der Waals surface area contributed by atoms with Crippen LogP contribution in [0.4, 0.5) is 17.6 Å². The van der Waals surface area contributed by atoms with Crippen molar-refractivity contribution in [1.29, 1.82) is 0 Å². The van der Waals surface area contributed by atoms with Crippen molar-refractivity contribution in [3.05, 3.63) is 12.7 Å². The van der Waals surface area contributed by atoms with Gasteiger partial charge in [-0.2, -0.15) is 13.2 Å². The molecule has 0 aromatic heterocycles. The number of rotatable bonds is 0. The van der Waals surface area contributed by atoms with Crippen LogP contribution in [0.1, 0.15) is 20.3 Å². The normalized spacial score (nSPS) is 8.27. The summed E-state index contributed by atoms with van der Waals surface area (Å²) in [6.45, 7) is 6.33. The van der Waals surface area contributed by atoms with Gasteiger partial charge in [-0.3, -0.25) is 4.39 Å². The molecule has 0 rings (SSSR count). The van der Waals surface area contributed by atoms with Crippen molar-refractivity contribution in [3.63, 3.8) is 0 Å². The molecule has 0 aliphatic heterocycles. The lowest BCUT2D eigenvalue weighted by Gasteiger charge is -1.96. The highest BCUT2D eigenvalue weighted by atomic mass is 19.4. The van der Waals surface area contributed by atoms with E-state index in [0.717, 1.165) is 6.92 Å². The molecule has 0 heterocycles. The lowest BCUT2D eigenvalue weighted by atomic mass is 10.5. The summed E-state index contributed by atoms with van der Waals surface area (Å²) in [5.41, 5.74) is 0. The van der Waals surface area contributed by atoms with Gasteiger partial charge in [-0.25, -0.2) is 0 Å². The average molecular weight is 174 g/mol. The maximum Gasteiger partial charge on any atom is 0.388 e. The van der Waals surface area contributed by atoms with E-state index in [1.54, 1.807) is 6.08 Å². The first-order valence-electron chi connectivity index (χ1n) is 2.99. The summed E-state index contributed by atoms with van der Waals surface area (Å²) in [6.07, 6.45) is -2.94. The Morgan fingerprint density at radius 3 is 1.36 bits per heavy atom. The molecule has 70 valence electrons. The Bertz CT molecular complexity index is 65.3. The summed E-state index contributed by atoms with van der Waals surface area (Å²) in [4.78, 5) is 0. The highest BCUT2D eigenvalue weighted by molar-refractivity contribution is 4.51. The number of allylic oxidation sites excluding steroid dienone is 1. The van der Waals surface area contributed by atoms with E-state index in [-0.39, 0.29) is 0 Å². The molecule has 0 saturated carbocycles. The van der Waals surface area contributed by atoms with Gasteiger partial charge in [-0.05, 0) is 6.92 Å². The molecule has 0 unspecified atom stereocenters. The molecule has 0 aliphatic carbocycles. The van der Waals surface area contributed by atoms with Crippen LogP contribution in [0.2, 0.25) is 0 Å². The summed E-state index contributed by atoms with van der Waals surface area (Å²) in [5, 5.41) is 0. The predicted octanol–water partition coefficient (Wildman–Crippen LogP) is 3.74. The van der Waals surface area contributed by atoms with E-state index in [1.807, 2.05) is 6.92 Å². The lowest BCUT2D eigenvalue weighted by molar-refractivity contribution is -0.130. The van der Waals surface area contributed by atoms with Crippen molar-refractivity contribution in [1.82, 2.24) is 0 Å². The fraction of sp³-hybridized carbons (Fsp3) is 0.714.